The van der Waals surface area contributed by atoms with Crippen LogP contribution in [0.2, 0.25) is 0 Å². The van der Waals surface area contributed by atoms with Crippen LogP contribution in [0, 0.1) is 0 Å². The van der Waals surface area contributed by atoms with Gasteiger partial charge in [-0.05, 0) is 55.9 Å². The van der Waals surface area contributed by atoms with Crippen molar-refractivity contribution in [3.63, 3.8) is 0 Å². The van der Waals surface area contributed by atoms with Gasteiger partial charge < -0.3 is 20.5 Å². The van der Waals surface area contributed by atoms with E-state index in [9.17, 15) is 14.4 Å². The van der Waals surface area contributed by atoms with Crippen molar-refractivity contribution in [3.8, 4) is 0 Å². The van der Waals surface area contributed by atoms with Gasteiger partial charge in [0.1, 0.15) is 5.00 Å². The van der Waals surface area contributed by atoms with Crippen molar-refractivity contribution in [2.45, 2.75) is 50.4 Å². The molecule has 212 valence electrons. The predicted molar refractivity (Wildman–Crippen MR) is 161 cm³/mol. The molecule has 0 radical (unpaired) electrons. The minimum Gasteiger partial charge on any atom is -0.348 e. The third-order valence-corrected chi connectivity index (χ3v) is 9.15. The van der Waals surface area contributed by atoms with Gasteiger partial charge in [-0.3, -0.25) is 14.4 Å². The lowest BCUT2D eigenvalue weighted by Gasteiger charge is -2.14. The Kier molecular flexibility index (Phi) is 9.15. The largest absolute Gasteiger partial charge is 0.348 e. The van der Waals surface area contributed by atoms with Crippen molar-refractivity contribution in [2.24, 2.45) is 7.05 Å². The number of nitrogens with one attached hydrogen (secondary N) is 3. The number of fused-ring (bicyclic) bond motifs is 1. The predicted octanol–water partition coefficient (Wildman–Crippen LogP) is 4.91. The van der Waals surface area contributed by atoms with Crippen LogP contribution in [-0.4, -0.2) is 38.2 Å². The Labute approximate surface area is 247 Å². The van der Waals surface area contributed by atoms with E-state index in [1.54, 1.807) is 16.7 Å². The molecule has 0 saturated carbocycles. The summed E-state index contributed by atoms with van der Waals surface area (Å²) in [7, 11) is 1.81. The van der Waals surface area contributed by atoms with Crippen LogP contribution in [0.5, 0.6) is 0 Å². The van der Waals surface area contributed by atoms with Gasteiger partial charge in [-0.2, -0.15) is 0 Å². The molecule has 0 bridgehead atoms. The van der Waals surface area contributed by atoms with Gasteiger partial charge in [-0.1, -0.05) is 60.3 Å². The molecule has 3 amide bonds. The molecule has 3 N–H and O–H groups in total. The third kappa shape index (κ3) is 6.86. The van der Waals surface area contributed by atoms with Gasteiger partial charge in [-0.15, -0.1) is 21.5 Å². The highest BCUT2D eigenvalue weighted by Crippen LogP contribution is 2.38. The van der Waals surface area contributed by atoms with Gasteiger partial charge in [0.25, 0.3) is 11.8 Å². The highest BCUT2D eigenvalue weighted by Gasteiger charge is 2.26. The number of aromatic nitrogens is 3. The number of rotatable bonds is 10. The molecular weight excluding hydrogens is 557 g/mol. The second kappa shape index (κ2) is 13.1. The summed E-state index contributed by atoms with van der Waals surface area (Å²) in [6.07, 6.45) is 3.88. The monoisotopic (exact) mass is 588 g/mol. The fourth-order valence-corrected chi connectivity index (χ4v) is 6.84. The van der Waals surface area contributed by atoms with Crippen LogP contribution in [-0.2, 0) is 31.2 Å². The van der Waals surface area contributed by atoms with E-state index in [0.29, 0.717) is 33.7 Å². The molecule has 41 heavy (non-hydrogen) atoms. The lowest BCUT2D eigenvalue weighted by atomic mass is 9.95. The fourth-order valence-electron chi connectivity index (χ4n) is 4.82. The summed E-state index contributed by atoms with van der Waals surface area (Å²) >= 11 is 2.75. The Balaban J connectivity index is 1.22. The van der Waals surface area contributed by atoms with Crippen molar-refractivity contribution < 1.29 is 14.4 Å². The number of amides is 3. The van der Waals surface area contributed by atoms with Crippen LogP contribution < -0.4 is 16.0 Å². The number of anilines is 1. The summed E-state index contributed by atoms with van der Waals surface area (Å²) in [6.45, 7) is 2.27. The van der Waals surface area contributed by atoms with E-state index in [0.717, 1.165) is 36.8 Å². The normalized spacial score (nSPS) is 13.2. The molecule has 4 aromatic rings. The van der Waals surface area contributed by atoms with Gasteiger partial charge in [-0.25, -0.2) is 0 Å². The molecule has 2 aromatic heterocycles. The minimum atomic E-state index is -0.377. The van der Waals surface area contributed by atoms with Gasteiger partial charge >= 0.3 is 0 Å². The number of thiophene rings is 1. The second-order valence-corrected chi connectivity index (χ2v) is 11.9. The third-order valence-electron chi connectivity index (χ3n) is 6.92. The number of benzene rings is 2. The molecule has 0 unspecified atom stereocenters. The van der Waals surface area contributed by atoms with E-state index in [2.05, 4.69) is 26.1 Å². The van der Waals surface area contributed by atoms with Crippen LogP contribution in [0.25, 0.3) is 0 Å². The summed E-state index contributed by atoms with van der Waals surface area (Å²) in [4.78, 5) is 40.1. The lowest BCUT2D eigenvalue weighted by molar-refractivity contribution is -0.113. The average molecular weight is 589 g/mol. The topological polar surface area (TPSA) is 118 Å². The first kappa shape index (κ1) is 28.6. The standard InChI is InChI=1S/C30H32N6O3S2/c1-19(32-27(38)21-13-7-4-8-14-21)26-34-35-30(36(26)2)40-18-24(37)33-29-25(22-15-9-10-16-23(22)41-29)28(39)31-17-20-11-5-3-6-12-20/h3-8,11-14,19H,9-10,15-18H2,1-2H3,(H,31,39)(H,32,38)(H,33,37)/t19-/m1/s1. The van der Waals surface area contributed by atoms with Crippen LogP contribution in [0.4, 0.5) is 5.00 Å². The van der Waals surface area contributed by atoms with E-state index in [-0.39, 0.29) is 29.5 Å². The Hall–Kier alpha value is -3.96. The van der Waals surface area contributed by atoms with Crippen molar-refractivity contribution in [2.75, 3.05) is 11.1 Å². The molecule has 1 aliphatic rings. The highest BCUT2D eigenvalue weighted by molar-refractivity contribution is 7.99. The number of thioether (sulfide) groups is 1. The zero-order chi connectivity index (χ0) is 28.8. The molecule has 0 saturated heterocycles. The minimum absolute atomic E-state index is 0.102. The molecule has 1 aliphatic carbocycles. The molecule has 5 rings (SSSR count). The Morgan fingerprint density at radius 1 is 0.976 bits per heavy atom. The first-order valence-electron chi connectivity index (χ1n) is 13.5. The number of hydrogen-bond donors (Lipinski definition) is 3. The molecule has 0 aliphatic heterocycles. The summed E-state index contributed by atoms with van der Waals surface area (Å²) in [6, 6.07) is 18.4. The van der Waals surface area contributed by atoms with E-state index >= 15 is 0 Å². The molecule has 2 heterocycles. The molecule has 9 nitrogen and oxygen atoms in total. The van der Waals surface area contributed by atoms with Gasteiger partial charge in [0.2, 0.25) is 5.91 Å². The van der Waals surface area contributed by atoms with Crippen LogP contribution in [0.15, 0.2) is 65.8 Å². The summed E-state index contributed by atoms with van der Waals surface area (Å²) in [5.41, 5.74) is 3.22. The van der Waals surface area contributed by atoms with Gasteiger partial charge in [0, 0.05) is 24.0 Å². The van der Waals surface area contributed by atoms with Crippen molar-refractivity contribution in [1.29, 1.82) is 0 Å². The average Bonchev–Trinajstić information content (AvgIpc) is 3.55. The Morgan fingerprint density at radius 2 is 1.68 bits per heavy atom. The van der Waals surface area contributed by atoms with E-state index < -0.39 is 0 Å². The second-order valence-electron chi connectivity index (χ2n) is 9.88. The first-order valence-corrected chi connectivity index (χ1v) is 15.4. The maximum absolute atomic E-state index is 13.3. The molecule has 1 atom stereocenters. The van der Waals surface area contributed by atoms with Gasteiger partial charge in [0.05, 0.1) is 17.4 Å². The highest BCUT2D eigenvalue weighted by atomic mass is 32.2. The lowest BCUT2D eigenvalue weighted by Crippen LogP contribution is -2.28. The maximum Gasteiger partial charge on any atom is 0.254 e. The van der Waals surface area contributed by atoms with E-state index in [1.165, 1.54) is 28.0 Å². The zero-order valence-electron chi connectivity index (χ0n) is 23.0. The van der Waals surface area contributed by atoms with Crippen molar-refractivity contribution in [3.05, 3.63) is 93.6 Å². The molecule has 11 heteroatoms. The number of aryl methyl sites for hydroxylation is 1. The van der Waals surface area contributed by atoms with Crippen molar-refractivity contribution in [1.82, 2.24) is 25.4 Å². The molecule has 2 aromatic carbocycles. The number of carbonyl (C=O) groups is 3. The van der Waals surface area contributed by atoms with Crippen molar-refractivity contribution >= 4 is 45.8 Å². The van der Waals surface area contributed by atoms with E-state index in [4.69, 9.17) is 0 Å². The SMILES string of the molecule is C[C@@H](NC(=O)c1ccccc1)c1nnc(SCC(=O)Nc2sc3c(c2C(=O)NCc2ccccc2)CCCC3)n1C. The summed E-state index contributed by atoms with van der Waals surface area (Å²) < 4.78 is 1.78. The number of hydrogen-bond acceptors (Lipinski definition) is 7. The summed E-state index contributed by atoms with van der Waals surface area (Å²) in [5.74, 6) is 0.100. The fraction of sp³-hybridized carbons (Fsp3) is 0.300. The molecule has 0 spiro atoms. The Morgan fingerprint density at radius 3 is 2.44 bits per heavy atom. The summed E-state index contributed by atoms with van der Waals surface area (Å²) in [5, 5.41) is 18.6. The van der Waals surface area contributed by atoms with E-state index in [1.807, 2.05) is 62.5 Å². The maximum atomic E-state index is 13.3. The van der Waals surface area contributed by atoms with Gasteiger partial charge in [0.15, 0.2) is 11.0 Å². The van der Waals surface area contributed by atoms with Crippen LogP contribution in [0.3, 0.4) is 0 Å². The molecular formula is C30H32N6O3S2. The number of nitrogens with zero attached hydrogens (tertiary/aromatic N) is 3. The zero-order valence-corrected chi connectivity index (χ0v) is 24.6. The first-order chi connectivity index (χ1) is 19.9. The van der Waals surface area contributed by atoms with Crippen LogP contribution >= 0.6 is 23.1 Å². The quantitative estimate of drug-likeness (QED) is 0.227. The van der Waals surface area contributed by atoms with Crippen LogP contribution in [0.1, 0.15) is 68.4 Å². The molecule has 0 fully saturated rings. The smallest absolute Gasteiger partial charge is 0.254 e. The number of carbonyl (C=O) groups excluding carboxylic acids is 3. The Bertz CT molecular complexity index is 1530.